The Morgan fingerprint density at radius 3 is 2.40 bits per heavy atom. The van der Waals surface area contributed by atoms with E-state index < -0.39 is 5.60 Å². The molecule has 3 unspecified atom stereocenters. The quantitative estimate of drug-likeness (QED) is 0.663. The van der Waals surface area contributed by atoms with Crippen molar-refractivity contribution in [1.29, 1.82) is 0 Å². The fourth-order valence-corrected chi connectivity index (χ4v) is 4.75. The number of rotatable bonds is 5. The third-order valence-electron chi connectivity index (χ3n) is 6.86. The first-order valence-corrected chi connectivity index (χ1v) is 10.6. The standard InChI is InChI=1S/C23H27N5O2/c1-22(29)10-9-15(11-22)19-27-20(28-30-19)23(2,18-7-8-18)17-5-3-14(4-6-17)16-12-25-21(24)26-13-16/h3-6,12-13,15,18,29H,7-11H2,1-2H3,(H2,24,25,26). The van der Waals surface area contributed by atoms with Crippen molar-refractivity contribution < 1.29 is 9.63 Å². The van der Waals surface area contributed by atoms with Crippen molar-refractivity contribution in [3.63, 3.8) is 0 Å². The van der Waals surface area contributed by atoms with Crippen LogP contribution >= 0.6 is 0 Å². The van der Waals surface area contributed by atoms with Gasteiger partial charge in [-0.05, 0) is 63.0 Å². The molecule has 5 rings (SSSR count). The van der Waals surface area contributed by atoms with Crippen LogP contribution in [0.1, 0.15) is 69.1 Å². The van der Waals surface area contributed by atoms with E-state index in [1.54, 1.807) is 12.4 Å². The fourth-order valence-electron chi connectivity index (χ4n) is 4.75. The van der Waals surface area contributed by atoms with Crippen LogP contribution in [0.4, 0.5) is 5.95 Å². The molecule has 2 aromatic heterocycles. The lowest BCUT2D eigenvalue weighted by Crippen LogP contribution is -2.28. The van der Waals surface area contributed by atoms with Gasteiger partial charge >= 0.3 is 0 Å². The Morgan fingerprint density at radius 1 is 1.10 bits per heavy atom. The average Bonchev–Trinajstić information content (AvgIpc) is 3.37. The monoisotopic (exact) mass is 405 g/mol. The van der Waals surface area contributed by atoms with Crippen molar-refractivity contribution in [2.24, 2.45) is 5.92 Å². The number of hydrogen-bond donors (Lipinski definition) is 2. The van der Waals surface area contributed by atoms with Crippen molar-refractivity contribution in [1.82, 2.24) is 20.1 Å². The van der Waals surface area contributed by atoms with E-state index in [1.807, 2.05) is 6.92 Å². The van der Waals surface area contributed by atoms with Gasteiger partial charge in [-0.25, -0.2) is 9.97 Å². The number of nitrogen functional groups attached to an aromatic ring is 1. The van der Waals surface area contributed by atoms with E-state index in [-0.39, 0.29) is 17.3 Å². The molecule has 7 nitrogen and oxygen atoms in total. The second-order valence-corrected chi connectivity index (χ2v) is 9.28. The first-order chi connectivity index (χ1) is 14.3. The number of nitrogens with zero attached hydrogens (tertiary/aromatic N) is 4. The molecule has 3 N–H and O–H groups in total. The fraction of sp³-hybridized carbons (Fsp3) is 0.478. The number of benzene rings is 1. The Bertz CT molecular complexity index is 1040. The van der Waals surface area contributed by atoms with E-state index in [2.05, 4.69) is 46.3 Å². The second kappa shape index (κ2) is 6.87. The van der Waals surface area contributed by atoms with Crippen LogP contribution in [0.2, 0.25) is 0 Å². The number of aromatic nitrogens is 4. The Balaban J connectivity index is 1.44. The zero-order chi connectivity index (χ0) is 20.9. The summed E-state index contributed by atoms with van der Waals surface area (Å²) in [4.78, 5) is 13.0. The van der Waals surface area contributed by atoms with E-state index in [0.29, 0.717) is 18.2 Å². The van der Waals surface area contributed by atoms with Gasteiger partial charge in [0.1, 0.15) is 0 Å². The summed E-state index contributed by atoms with van der Waals surface area (Å²) in [5.41, 5.74) is 7.81. The van der Waals surface area contributed by atoms with Gasteiger partial charge in [0.2, 0.25) is 11.8 Å². The lowest BCUT2D eigenvalue weighted by molar-refractivity contribution is 0.0654. The smallest absolute Gasteiger partial charge is 0.229 e. The van der Waals surface area contributed by atoms with Gasteiger partial charge in [0.25, 0.3) is 0 Å². The number of anilines is 1. The molecule has 3 aromatic rings. The first-order valence-electron chi connectivity index (χ1n) is 10.6. The van der Waals surface area contributed by atoms with E-state index in [1.165, 1.54) is 5.56 Å². The lowest BCUT2D eigenvalue weighted by atomic mass is 9.76. The summed E-state index contributed by atoms with van der Waals surface area (Å²) in [6, 6.07) is 8.45. The third-order valence-corrected chi connectivity index (χ3v) is 6.86. The van der Waals surface area contributed by atoms with Gasteiger partial charge < -0.3 is 15.4 Å². The highest BCUT2D eigenvalue weighted by Crippen LogP contribution is 2.51. The molecule has 7 heteroatoms. The zero-order valence-corrected chi connectivity index (χ0v) is 17.4. The molecule has 0 bridgehead atoms. The largest absolute Gasteiger partial charge is 0.390 e. The molecule has 30 heavy (non-hydrogen) atoms. The summed E-state index contributed by atoms with van der Waals surface area (Å²) < 4.78 is 5.69. The molecule has 2 aliphatic carbocycles. The Morgan fingerprint density at radius 2 is 1.80 bits per heavy atom. The summed E-state index contributed by atoms with van der Waals surface area (Å²) in [6.07, 6.45) is 8.11. The van der Waals surface area contributed by atoms with E-state index >= 15 is 0 Å². The van der Waals surface area contributed by atoms with E-state index in [4.69, 9.17) is 15.2 Å². The van der Waals surface area contributed by atoms with Gasteiger partial charge in [0.15, 0.2) is 5.82 Å². The Labute approximate surface area is 175 Å². The minimum absolute atomic E-state index is 0.137. The molecule has 2 fully saturated rings. The van der Waals surface area contributed by atoms with Crippen LogP contribution in [0, 0.1) is 5.92 Å². The van der Waals surface area contributed by atoms with Crippen LogP contribution in [-0.2, 0) is 5.41 Å². The van der Waals surface area contributed by atoms with Crippen LogP contribution < -0.4 is 5.73 Å². The van der Waals surface area contributed by atoms with Crippen molar-refractivity contribution in [3.8, 4) is 11.1 Å². The van der Waals surface area contributed by atoms with Crippen molar-refractivity contribution >= 4 is 5.95 Å². The van der Waals surface area contributed by atoms with Gasteiger partial charge in [0, 0.05) is 23.9 Å². The molecule has 0 spiro atoms. The highest BCUT2D eigenvalue weighted by molar-refractivity contribution is 5.62. The number of hydrogen-bond acceptors (Lipinski definition) is 7. The lowest BCUT2D eigenvalue weighted by Gasteiger charge is -2.27. The van der Waals surface area contributed by atoms with Crippen LogP contribution in [0.25, 0.3) is 11.1 Å². The molecule has 2 aliphatic rings. The molecule has 3 atom stereocenters. The topological polar surface area (TPSA) is 111 Å². The van der Waals surface area contributed by atoms with Crippen molar-refractivity contribution in [3.05, 3.63) is 53.9 Å². The molecule has 0 amide bonds. The Hall–Kier alpha value is -2.80. The predicted octanol–water partition coefficient (Wildman–Crippen LogP) is 3.84. The third kappa shape index (κ3) is 3.37. The van der Waals surface area contributed by atoms with Gasteiger partial charge in [0.05, 0.1) is 11.0 Å². The van der Waals surface area contributed by atoms with E-state index in [0.717, 1.165) is 42.6 Å². The van der Waals surface area contributed by atoms with Gasteiger partial charge in [-0.15, -0.1) is 0 Å². The molecule has 156 valence electrons. The summed E-state index contributed by atoms with van der Waals surface area (Å²) in [5, 5.41) is 14.7. The van der Waals surface area contributed by atoms with Crippen LogP contribution in [0.3, 0.4) is 0 Å². The maximum absolute atomic E-state index is 10.3. The molecule has 2 saturated carbocycles. The molecule has 0 aliphatic heterocycles. The van der Waals surface area contributed by atoms with Gasteiger partial charge in [-0.3, -0.25) is 0 Å². The molecule has 0 saturated heterocycles. The summed E-state index contributed by atoms with van der Waals surface area (Å²) >= 11 is 0. The SMILES string of the molecule is CC1(O)CCC(c2nc(C(C)(c3ccc(-c4cnc(N)nc4)cc3)C3CC3)no2)C1. The average molecular weight is 406 g/mol. The number of aliphatic hydroxyl groups is 1. The van der Waals surface area contributed by atoms with Crippen LogP contribution in [0.15, 0.2) is 41.2 Å². The maximum atomic E-state index is 10.3. The van der Waals surface area contributed by atoms with Crippen molar-refractivity contribution in [2.75, 3.05) is 5.73 Å². The first kappa shape index (κ1) is 19.2. The second-order valence-electron chi connectivity index (χ2n) is 9.28. The number of nitrogens with two attached hydrogens (primary N) is 1. The van der Waals surface area contributed by atoms with Gasteiger partial charge in [-0.1, -0.05) is 29.4 Å². The summed E-state index contributed by atoms with van der Waals surface area (Å²) in [7, 11) is 0. The molecule has 2 heterocycles. The summed E-state index contributed by atoms with van der Waals surface area (Å²) in [6.45, 7) is 4.09. The molecular weight excluding hydrogens is 378 g/mol. The van der Waals surface area contributed by atoms with Crippen LogP contribution in [0.5, 0.6) is 0 Å². The highest BCUT2D eigenvalue weighted by Gasteiger charge is 2.48. The van der Waals surface area contributed by atoms with E-state index in [9.17, 15) is 5.11 Å². The van der Waals surface area contributed by atoms with Gasteiger partial charge in [-0.2, -0.15) is 4.98 Å². The maximum Gasteiger partial charge on any atom is 0.229 e. The highest BCUT2D eigenvalue weighted by atomic mass is 16.5. The zero-order valence-electron chi connectivity index (χ0n) is 17.4. The minimum atomic E-state index is -0.638. The summed E-state index contributed by atoms with van der Waals surface area (Å²) in [5.74, 6) is 2.31. The molecule has 0 radical (unpaired) electrons. The normalized spacial score (nSPS) is 25.9. The predicted molar refractivity (Wildman–Crippen MR) is 113 cm³/mol. The van der Waals surface area contributed by atoms with Crippen molar-refractivity contribution in [2.45, 2.75) is 62.9 Å². The Kier molecular flexibility index (Phi) is 4.39. The molecule has 1 aromatic carbocycles. The minimum Gasteiger partial charge on any atom is -0.390 e. The molecular formula is C23H27N5O2. The van der Waals surface area contributed by atoms with Crippen LogP contribution in [-0.4, -0.2) is 30.8 Å².